The Morgan fingerprint density at radius 1 is 0.423 bits per heavy atom. The number of hydrogen-bond donors (Lipinski definition) is 8. The van der Waals surface area contributed by atoms with Gasteiger partial charge < -0.3 is 52.8 Å². The largest absolute Gasteiger partial charge is 0.480 e. The van der Waals surface area contributed by atoms with E-state index >= 15 is 0 Å². The third-order valence-corrected chi connectivity index (χ3v) is 12.4. The summed E-state index contributed by atoms with van der Waals surface area (Å²) in [7, 11) is 2.44. The smallest absolute Gasteiger partial charge is 0.320 e. The molecule has 4 aromatic carbocycles. The fourth-order valence-electron chi connectivity index (χ4n) is 6.31. The quantitative estimate of drug-likeness (QED) is 0.0283. The van der Waals surface area contributed by atoms with E-state index in [1.165, 1.54) is 33.3 Å². The molecular formula is C54H64N4O18S2. The van der Waals surface area contributed by atoms with Gasteiger partial charge in [0.25, 0.3) is 0 Å². The summed E-state index contributed by atoms with van der Waals surface area (Å²) in [5, 5.41) is 34.5. The number of carboxylic acids is 4. The molecule has 22 nitrogen and oxygen atoms in total. The lowest BCUT2D eigenvalue weighted by Gasteiger charge is -2.10. The Bertz CT molecular complexity index is 2550. The van der Waals surface area contributed by atoms with Gasteiger partial charge in [0.15, 0.2) is 33.4 Å². The van der Waals surface area contributed by atoms with Gasteiger partial charge >= 0.3 is 35.8 Å². The van der Waals surface area contributed by atoms with Crippen molar-refractivity contribution in [1.82, 2.24) is 0 Å². The SMILES string of the molecule is COC(=O)C(C)C(=O)c1ccc(CC(N)C(=O)O)cc1.COC(=O)CC(=O)c1ccc(CC(N)C(=O)O)cc1.CSC(=O)C(C)C(=O)c1ccc(CC(N)C(=O)O)cc1.CSC(=O)CC(=O)c1ccc(CC(N)C(=O)O)cc1. The first-order valence-corrected chi connectivity index (χ1v) is 25.8. The Hall–Kier alpha value is -7.74. The molecule has 0 aromatic heterocycles. The molecule has 4 aromatic rings. The minimum Gasteiger partial charge on any atom is -0.480 e. The molecule has 0 aliphatic rings. The van der Waals surface area contributed by atoms with Crippen molar-refractivity contribution >= 4 is 92.7 Å². The second kappa shape index (κ2) is 34.8. The Labute approximate surface area is 458 Å². The van der Waals surface area contributed by atoms with Crippen LogP contribution < -0.4 is 22.9 Å². The molecule has 0 radical (unpaired) electrons. The second-order valence-electron chi connectivity index (χ2n) is 17.0. The molecule has 4 rings (SSSR count). The van der Waals surface area contributed by atoms with Crippen LogP contribution in [0.5, 0.6) is 0 Å². The van der Waals surface area contributed by atoms with Crippen LogP contribution in [0.3, 0.4) is 0 Å². The van der Waals surface area contributed by atoms with E-state index in [0.29, 0.717) is 33.4 Å². The lowest BCUT2D eigenvalue weighted by molar-refractivity contribution is -0.143. The van der Waals surface area contributed by atoms with E-state index in [2.05, 4.69) is 9.47 Å². The molecule has 0 saturated carbocycles. The maximum absolute atomic E-state index is 12.0. The molecule has 0 aliphatic carbocycles. The van der Waals surface area contributed by atoms with E-state index in [1.54, 1.807) is 104 Å². The minimum atomic E-state index is -1.08. The molecule has 420 valence electrons. The first kappa shape index (κ1) is 68.3. The number of methoxy groups -OCH3 is 2. The fraction of sp³-hybridized carbons (Fsp3) is 0.333. The molecule has 0 saturated heterocycles. The van der Waals surface area contributed by atoms with Crippen molar-refractivity contribution in [1.29, 1.82) is 0 Å². The standard InChI is InChI=1S/C14H17NO5.C14H17NO4S.C13H15NO5.C13H15NO4S/c2*1-8(14(19)20-2)12(16)10-5-3-9(4-6-10)7-11(15)13(17)18;2*1-19-12(16)7-11(15)9-4-2-8(3-5-9)6-10(14)13(17)18/h2*3-6,8,11H,7,15H2,1-2H3,(H,17,18);2*2-5,10H,6-7,14H2,1H3,(H,17,18). The number of rotatable bonds is 24. The summed E-state index contributed by atoms with van der Waals surface area (Å²) in [6.07, 6.45) is 3.59. The number of hydrogen-bond acceptors (Lipinski definition) is 20. The van der Waals surface area contributed by atoms with E-state index in [-0.39, 0.29) is 71.9 Å². The molecule has 0 fully saturated rings. The molecule has 0 spiro atoms. The maximum Gasteiger partial charge on any atom is 0.320 e. The zero-order chi connectivity index (χ0) is 59.4. The Balaban J connectivity index is 0.000000520. The Morgan fingerprint density at radius 2 is 0.705 bits per heavy atom. The van der Waals surface area contributed by atoms with Gasteiger partial charge in [-0.1, -0.05) is 121 Å². The third kappa shape index (κ3) is 24.5. The van der Waals surface area contributed by atoms with Crippen molar-refractivity contribution < 1.29 is 87.4 Å². The molecular weight excluding hydrogens is 1060 g/mol. The number of ketones is 4. The minimum absolute atomic E-state index is 0.130. The molecule has 12 N–H and O–H groups in total. The number of esters is 2. The van der Waals surface area contributed by atoms with Crippen molar-refractivity contribution in [2.24, 2.45) is 34.8 Å². The van der Waals surface area contributed by atoms with Crippen LogP contribution in [0.25, 0.3) is 0 Å². The summed E-state index contributed by atoms with van der Waals surface area (Å²) in [5.41, 5.74) is 26.2. The Morgan fingerprint density at radius 3 is 0.962 bits per heavy atom. The number of carbonyl (C=O) groups excluding carboxylic acids is 8. The second-order valence-corrected chi connectivity index (χ2v) is 18.6. The van der Waals surface area contributed by atoms with Crippen molar-refractivity contribution in [3.63, 3.8) is 0 Å². The molecule has 0 amide bonds. The van der Waals surface area contributed by atoms with Gasteiger partial charge in [-0.2, -0.15) is 0 Å². The monoisotopic (exact) mass is 1120 g/mol. The van der Waals surface area contributed by atoms with Gasteiger partial charge in [-0.3, -0.25) is 57.5 Å². The number of Topliss-reactive ketones (excluding diaryl/α,β-unsaturated/α-hetero) is 4. The molecule has 78 heavy (non-hydrogen) atoms. The average Bonchev–Trinajstić information content (AvgIpc) is 3.42. The number of thioether (sulfide) groups is 2. The topological polar surface area (TPSA) is 408 Å². The van der Waals surface area contributed by atoms with Crippen LogP contribution >= 0.6 is 23.5 Å². The van der Waals surface area contributed by atoms with Gasteiger partial charge in [-0.15, -0.1) is 0 Å². The number of benzene rings is 4. The van der Waals surface area contributed by atoms with Crippen LogP contribution in [0.15, 0.2) is 97.1 Å². The molecule has 0 bridgehead atoms. The zero-order valence-electron chi connectivity index (χ0n) is 43.6. The van der Waals surface area contributed by atoms with E-state index in [4.69, 9.17) is 43.4 Å². The molecule has 24 heteroatoms. The van der Waals surface area contributed by atoms with E-state index < -0.39 is 71.8 Å². The normalized spacial score (nSPS) is 12.6. The van der Waals surface area contributed by atoms with Crippen LogP contribution in [0.1, 0.15) is 90.4 Å². The summed E-state index contributed by atoms with van der Waals surface area (Å²) in [5.74, 6) is -8.19. The maximum atomic E-state index is 12.0. The van der Waals surface area contributed by atoms with Crippen molar-refractivity contribution in [2.45, 2.75) is 76.5 Å². The highest BCUT2D eigenvalue weighted by atomic mass is 32.2. The van der Waals surface area contributed by atoms with Crippen LogP contribution in [0.4, 0.5) is 0 Å². The Kier molecular flexibility index (Phi) is 30.5. The number of ether oxygens (including phenoxy) is 2. The van der Waals surface area contributed by atoms with Crippen LogP contribution in [-0.2, 0) is 73.5 Å². The highest BCUT2D eigenvalue weighted by Gasteiger charge is 2.25. The highest BCUT2D eigenvalue weighted by Crippen LogP contribution is 2.17. The number of aliphatic carboxylic acids is 4. The predicted molar refractivity (Wildman–Crippen MR) is 289 cm³/mol. The van der Waals surface area contributed by atoms with Gasteiger partial charge in [-0.25, -0.2) is 0 Å². The lowest BCUT2D eigenvalue weighted by atomic mass is 9.97. The average molecular weight is 1120 g/mol. The zero-order valence-corrected chi connectivity index (χ0v) is 45.2. The van der Waals surface area contributed by atoms with Crippen molar-refractivity contribution in [2.75, 3.05) is 26.7 Å². The molecule has 6 unspecified atom stereocenters. The fourth-order valence-corrected chi connectivity index (χ4v) is 7.04. The van der Waals surface area contributed by atoms with E-state index in [0.717, 1.165) is 34.7 Å². The third-order valence-electron chi connectivity index (χ3n) is 11.1. The van der Waals surface area contributed by atoms with Gasteiger partial charge in [0, 0.05) is 22.3 Å². The predicted octanol–water partition coefficient (Wildman–Crippen LogP) is 3.47. The van der Waals surface area contributed by atoms with Gasteiger partial charge in [0.1, 0.15) is 36.5 Å². The number of nitrogens with two attached hydrogens (primary N) is 4. The van der Waals surface area contributed by atoms with Crippen LogP contribution in [-0.4, -0.2) is 141 Å². The van der Waals surface area contributed by atoms with Crippen LogP contribution in [0.2, 0.25) is 0 Å². The van der Waals surface area contributed by atoms with Gasteiger partial charge in [-0.05, 0) is 74.3 Å². The first-order chi connectivity index (χ1) is 36.6. The lowest BCUT2D eigenvalue weighted by Crippen LogP contribution is -2.32. The summed E-state index contributed by atoms with van der Waals surface area (Å²) in [6.45, 7) is 3.05. The summed E-state index contributed by atoms with van der Waals surface area (Å²) in [6, 6.07) is 21.8. The van der Waals surface area contributed by atoms with E-state index in [9.17, 15) is 57.5 Å². The molecule has 6 atom stereocenters. The van der Waals surface area contributed by atoms with Gasteiger partial charge in [0.05, 0.1) is 26.6 Å². The summed E-state index contributed by atoms with van der Waals surface area (Å²) in [4.78, 5) is 135. The molecule has 0 aliphatic heterocycles. The van der Waals surface area contributed by atoms with Crippen molar-refractivity contribution in [3.8, 4) is 0 Å². The number of carboxylic acid groups (broad SMARTS) is 4. The van der Waals surface area contributed by atoms with Crippen molar-refractivity contribution in [3.05, 3.63) is 142 Å². The first-order valence-electron chi connectivity index (χ1n) is 23.3. The van der Waals surface area contributed by atoms with Gasteiger partial charge in [0.2, 0.25) is 0 Å². The number of carbonyl (C=O) groups is 12. The highest BCUT2D eigenvalue weighted by molar-refractivity contribution is 8.13. The summed E-state index contributed by atoms with van der Waals surface area (Å²) >= 11 is 2.05. The van der Waals surface area contributed by atoms with E-state index in [1.807, 2.05) is 0 Å². The summed E-state index contributed by atoms with van der Waals surface area (Å²) < 4.78 is 8.92. The molecule has 0 heterocycles. The van der Waals surface area contributed by atoms with Crippen LogP contribution in [0, 0.1) is 11.8 Å².